The number of carboxylic acid groups (broad SMARTS) is 1. The van der Waals surface area contributed by atoms with Crippen molar-refractivity contribution in [3.05, 3.63) is 76.1 Å². The molecule has 0 radical (unpaired) electrons. The summed E-state index contributed by atoms with van der Waals surface area (Å²) in [6.45, 7) is -0.478. The number of carbonyl (C=O) groups is 1. The molecule has 0 amide bonds. The number of nitrogens with one attached hydrogen (secondary N) is 1. The van der Waals surface area contributed by atoms with E-state index in [9.17, 15) is 17.6 Å². The molecule has 0 spiro atoms. The molecule has 11 heteroatoms. The lowest BCUT2D eigenvalue weighted by Crippen LogP contribution is -2.31. The summed E-state index contributed by atoms with van der Waals surface area (Å²) in [4.78, 5) is 14.8. The van der Waals surface area contributed by atoms with E-state index in [0.29, 0.717) is 25.0 Å². The van der Waals surface area contributed by atoms with Gasteiger partial charge in [-0.25, -0.2) is 27.3 Å². The van der Waals surface area contributed by atoms with E-state index in [-0.39, 0.29) is 21.0 Å². The number of ether oxygens (including phenoxy) is 2. The van der Waals surface area contributed by atoms with Gasteiger partial charge in [0, 0.05) is 6.04 Å². The molecule has 3 aromatic rings. The molecule has 34 heavy (non-hydrogen) atoms. The van der Waals surface area contributed by atoms with E-state index in [1.54, 1.807) is 24.3 Å². The van der Waals surface area contributed by atoms with Gasteiger partial charge in [0.25, 0.3) is 0 Å². The Bertz CT molecular complexity index is 1330. The van der Waals surface area contributed by atoms with E-state index < -0.39 is 34.5 Å². The van der Waals surface area contributed by atoms with Crippen LogP contribution in [0.1, 0.15) is 30.0 Å². The van der Waals surface area contributed by atoms with Crippen molar-refractivity contribution in [3.63, 3.8) is 0 Å². The largest absolute Gasteiger partial charge is 0.482 e. The van der Waals surface area contributed by atoms with Crippen molar-refractivity contribution in [1.82, 2.24) is 9.71 Å². The number of fused-ring (bicyclic) bond motifs is 1. The van der Waals surface area contributed by atoms with Crippen LogP contribution in [0.2, 0.25) is 0 Å². The molecule has 1 heterocycles. The first-order chi connectivity index (χ1) is 16.2. The Labute approximate surface area is 203 Å². The minimum absolute atomic E-state index is 0.0206. The fourth-order valence-corrected chi connectivity index (χ4v) is 5.53. The molecular formula is C23H20BrFN2O6S. The van der Waals surface area contributed by atoms with Gasteiger partial charge in [0.05, 0.1) is 10.7 Å². The summed E-state index contributed by atoms with van der Waals surface area (Å²) < 4.78 is 53.9. The van der Waals surface area contributed by atoms with Crippen LogP contribution in [-0.4, -0.2) is 31.1 Å². The molecule has 0 fully saturated rings. The van der Waals surface area contributed by atoms with Crippen molar-refractivity contribution in [2.75, 3.05) is 6.61 Å². The maximum absolute atomic E-state index is 13.9. The molecule has 1 atom stereocenters. The number of nitrogens with zero attached hydrogens (tertiary/aromatic N) is 1. The Hall–Kier alpha value is -3.02. The lowest BCUT2D eigenvalue weighted by atomic mass is 9.87. The number of halogens is 2. The molecule has 1 aliphatic rings. The average Bonchev–Trinajstić information content (AvgIpc) is 2.80. The summed E-state index contributed by atoms with van der Waals surface area (Å²) in [6.07, 6.45) is 3.06. The number of hydrogen-bond donors (Lipinski definition) is 2. The summed E-state index contributed by atoms with van der Waals surface area (Å²) in [5, 5.41) is 8.89. The quantitative estimate of drug-likeness (QED) is 0.421. The second-order valence-electron chi connectivity index (χ2n) is 7.56. The number of rotatable bonds is 8. The van der Waals surface area contributed by atoms with Crippen LogP contribution < -0.4 is 14.2 Å². The van der Waals surface area contributed by atoms with Crippen LogP contribution in [0.3, 0.4) is 0 Å². The number of benzene rings is 2. The minimum Gasteiger partial charge on any atom is -0.482 e. The zero-order valence-corrected chi connectivity index (χ0v) is 20.1. The van der Waals surface area contributed by atoms with Crippen molar-refractivity contribution in [1.29, 1.82) is 0 Å². The summed E-state index contributed by atoms with van der Waals surface area (Å²) >= 11 is 3.24. The molecule has 2 aromatic carbocycles. The van der Waals surface area contributed by atoms with Crippen LogP contribution in [-0.2, 0) is 21.2 Å². The molecule has 0 aliphatic heterocycles. The zero-order valence-electron chi connectivity index (χ0n) is 17.7. The van der Waals surface area contributed by atoms with E-state index in [2.05, 4.69) is 25.6 Å². The Kier molecular flexibility index (Phi) is 7.15. The molecule has 1 aliphatic carbocycles. The third kappa shape index (κ3) is 5.37. The van der Waals surface area contributed by atoms with Crippen molar-refractivity contribution in [2.24, 2.45) is 0 Å². The normalized spacial score (nSPS) is 15.4. The Morgan fingerprint density at radius 2 is 1.97 bits per heavy atom. The third-order valence-corrected chi connectivity index (χ3v) is 7.26. The van der Waals surface area contributed by atoms with Gasteiger partial charge in [-0.3, -0.25) is 0 Å². The van der Waals surface area contributed by atoms with E-state index in [1.807, 2.05) is 0 Å². The number of pyridine rings is 1. The van der Waals surface area contributed by atoms with Crippen LogP contribution >= 0.6 is 15.9 Å². The van der Waals surface area contributed by atoms with Gasteiger partial charge in [-0.1, -0.05) is 24.3 Å². The fourth-order valence-electron chi connectivity index (χ4n) is 3.73. The standard InChI is InChI=1S/C23H20BrFN2O6S/c24-17-11-14(12-26-23(17)33-21-9-2-1-7-18(21)25)34(30,31)27-19-8-3-6-16-15(19)5-4-10-20(16)32-13-22(28)29/h1-2,4-5,7,9-12,19,27H,3,6,8,13H2,(H,28,29). The predicted octanol–water partition coefficient (Wildman–Crippen LogP) is 4.59. The third-order valence-electron chi connectivity index (χ3n) is 5.25. The van der Waals surface area contributed by atoms with Gasteiger partial charge in [0.1, 0.15) is 10.6 Å². The molecular weight excluding hydrogens is 531 g/mol. The van der Waals surface area contributed by atoms with E-state index in [0.717, 1.165) is 17.3 Å². The number of para-hydroxylation sites is 1. The lowest BCUT2D eigenvalue weighted by molar-refractivity contribution is -0.139. The van der Waals surface area contributed by atoms with Gasteiger partial charge >= 0.3 is 5.97 Å². The highest BCUT2D eigenvalue weighted by atomic mass is 79.9. The highest BCUT2D eigenvalue weighted by molar-refractivity contribution is 9.10. The number of sulfonamides is 1. The maximum Gasteiger partial charge on any atom is 0.341 e. The van der Waals surface area contributed by atoms with Crippen LogP contribution in [0.25, 0.3) is 0 Å². The van der Waals surface area contributed by atoms with Crippen molar-refractivity contribution >= 4 is 31.9 Å². The number of hydrogen-bond acceptors (Lipinski definition) is 6. The van der Waals surface area contributed by atoms with Gasteiger partial charge < -0.3 is 14.6 Å². The Morgan fingerprint density at radius 1 is 1.21 bits per heavy atom. The van der Waals surface area contributed by atoms with Crippen molar-refractivity contribution in [2.45, 2.75) is 30.2 Å². The smallest absolute Gasteiger partial charge is 0.341 e. The monoisotopic (exact) mass is 550 g/mol. The van der Waals surface area contributed by atoms with Gasteiger partial charge in [0.15, 0.2) is 18.2 Å². The molecule has 4 rings (SSSR count). The average molecular weight is 551 g/mol. The van der Waals surface area contributed by atoms with Crippen LogP contribution in [0.5, 0.6) is 17.4 Å². The topological polar surface area (TPSA) is 115 Å². The van der Waals surface area contributed by atoms with Crippen molar-refractivity contribution < 1.29 is 32.2 Å². The van der Waals surface area contributed by atoms with E-state index in [1.165, 1.54) is 24.3 Å². The first-order valence-corrected chi connectivity index (χ1v) is 12.6. The van der Waals surface area contributed by atoms with Crippen LogP contribution in [0, 0.1) is 5.82 Å². The first kappa shape index (κ1) is 24.1. The summed E-state index contributed by atoms with van der Waals surface area (Å²) in [5.41, 5.74) is 1.53. The first-order valence-electron chi connectivity index (χ1n) is 10.3. The van der Waals surface area contributed by atoms with Crippen molar-refractivity contribution in [3.8, 4) is 17.4 Å². The van der Waals surface area contributed by atoms with Gasteiger partial charge in [-0.15, -0.1) is 0 Å². The zero-order chi connectivity index (χ0) is 24.3. The lowest BCUT2D eigenvalue weighted by Gasteiger charge is -2.27. The molecule has 1 unspecified atom stereocenters. The summed E-state index contributed by atoms with van der Waals surface area (Å²) in [5.74, 6) is -1.25. The molecule has 1 aromatic heterocycles. The Morgan fingerprint density at radius 3 is 2.71 bits per heavy atom. The molecule has 0 saturated heterocycles. The number of aromatic nitrogens is 1. The van der Waals surface area contributed by atoms with Crippen LogP contribution in [0.4, 0.5) is 4.39 Å². The van der Waals surface area contributed by atoms with Gasteiger partial charge in [0.2, 0.25) is 15.9 Å². The SMILES string of the molecule is O=C(O)COc1cccc2c1CCCC2NS(=O)(=O)c1cnc(Oc2ccccc2F)c(Br)c1. The fraction of sp³-hybridized carbons (Fsp3) is 0.217. The second-order valence-corrected chi connectivity index (χ2v) is 10.1. The van der Waals surface area contributed by atoms with Gasteiger partial charge in [-0.05, 0) is 70.6 Å². The predicted molar refractivity (Wildman–Crippen MR) is 124 cm³/mol. The second kappa shape index (κ2) is 10.1. The highest BCUT2D eigenvalue weighted by Crippen LogP contribution is 2.37. The van der Waals surface area contributed by atoms with E-state index in [4.69, 9.17) is 14.6 Å². The van der Waals surface area contributed by atoms with Crippen LogP contribution in [0.15, 0.2) is 64.1 Å². The maximum atomic E-state index is 13.9. The number of aliphatic carboxylic acids is 1. The summed E-state index contributed by atoms with van der Waals surface area (Å²) in [7, 11) is -3.97. The molecule has 0 saturated carbocycles. The minimum atomic E-state index is -3.97. The molecule has 2 N–H and O–H groups in total. The number of carboxylic acids is 1. The molecule has 8 nitrogen and oxygen atoms in total. The van der Waals surface area contributed by atoms with Gasteiger partial charge in [-0.2, -0.15) is 0 Å². The molecule has 178 valence electrons. The summed E-state index contributed by atoms with van der Waals surface area (Å²) in [6, 6.07) is 11.8. The molecule has 0 bridgehead atoms. The highest BCUT2D eigenvalue weighted by Gasteiger charge is 2.28. The Balaban J connectivity index is 1.55. The van der Waals surface area contributed by atoms with E-state index >= 15 is 0 Å².